The molecule has 9 heteroatoms. The topological polar surface area (TPSA) is 75.5 Å². The Morgan fingerprint density at radius 2 is 1.70 bits per heavy atom. The number of halogens is 1. The fourth-order valence-corrected chi connectivity index (χ4v) is 6.78. The molecule has 1 fully saturated rings. The molecular weight excluding hydrogens is 460 g/mol. The standard InChI is InChI=1S/C24H25ClN4O3S/c25-23-21(9-4-12-26-23)33(31,32)28-14-10-19(11-15-28)24(30)29-17-16-27-13-5-8-20(27)22(29)18-6-2-1-3-7-18/h1-9,12-13,19,22H,10-11,14-17H2. The third-order valence-corrected chi connectivity index (χ3v) is 8.93. The number of benzene rings is 1. The highest BCUT2D eigenvalue weighted by Gasteiger charge is 2.38. The number of nitrogens with zero attached hydrogens (tertiary/aromatic N) is 4. The van der Waals surface area contributed by atoms with E-state index in [1.807, 2.05) is 29.2 Å². The lowest BCUT2D eigenvalue weighted by Gasteiger charge is -2.40. The molecule has 2 aliphatic rings. The van der Waals surface area contributed by atoms with Crippen molar-refractivity contribution in [3.63, 3.8) is 0 Å². The predicted molar refractivity (Wildman–Crippen MR) is 125 cm³/mol. The van der Waals surface area contributed by atoms with Gasteiger partial charge in [0.1, 0.15) is 10.0 Å². The third-order valence-electron chi connectivity index (χ3n) is 6.58. The summed E-state index contributed by atoms with van der Waals surface area (Å²) in [4.78, 5) is 19.5. The minimum absolute atomic E-state index is 0.0115. The normalized spacial score (nSPS) is 19.9. The van der Waals surface area contributed by atoms with E-state index in [2.05, 4.69) is 33.9 Å². The Morgan fingerprint density at radius 1 is 0.939 bits per heavy atom. The Balaban J connectivity index is 1.34. The van der Waals surface area contributed by atoms with E-state index >= 15 is 0 Å². The molecule has 1 unspecified atom stereocenters. The van der Waals surface area contributed by atoms with Gasteiger partial charge in [0.2, 0.25) is 15.9 Å². The highest BCUT2D eigenvalue weighted by molar-refractivity contribution is 7.89. The van der Waals surface area contributed by atoms with Crippen LogP contribution in [0.5, 0.6) is 0 Å². The summed E-state index contributed by atoms with van der Waals surface area (Å²) >= 11 is 6.04. The number of rotatable bonds is 4. The van der Waals surface area contributed by atoms with Crippen molar-refractivity contribution in [2.75, 3.05) is 19.6 Å². The van der Waals surface area contributed by atoms with E-state index in [-0.39, 0.29) is 41.0 Å². The summed E-state index contributed by atoms with van der Waals surface area (Å²) < 4.78 is 29.7. The lowest BCUT2D eigenvalue weighted by Crippen LogP contribution is -2.48. The minimum atomic E-state index is -3.74. The molecule has 33 heavy (non-hydrogen) atoms. The summed E-state index contributed by atoms with van der Waals surface area (Å²) in [6.45, 7) is 1.95. The van der Waals surface area contributed by atoms with Gasteiger partial charge in [-0.25, -0.2) is 13.4 Å². The molecule has 4 heterocycles. The van der Waals surface area contributed by atoms with Crippen molar-refractivity contribution in [3.05, 3.63) is 83.4 Å². The number of pyridine rings is 1. The first-order chi connectivity index (χ1) is 16.0. The predicted octanol–water partition coefficient (Wildman–Crippen LogP) is 3.57. The van der Waals surface area contributed by atoms with E-state index in [1.54, 1.807) is 6.07 Å². The van der Waals surface area contributed by atoms with E-state index in [0.717, 1.165) is 17.8 Å². The Kier molecular flexibility index (Phi) is 5.99. The summed E-state index contributed by atoms with van der Waals surface area (Å²) in [6, 6.07) is 17.1. The van der Waals surface area contributed by atoms with Crippen LogP contribution < -0.4 is 0 Å². The molecule has 1 saturated heterocycles. The molecule has 3 aromatic rings. The van der Waals surface area contributed by atoms with Gasteiger partial charge in [-0.15, -0.1) is 0 Å². The number of aromatic nitrogens is 2. The minimum Gasteiger partial charge on any atom is -0.348 e. The zero-order valence-corrected chi connectivity index (χ0v) is 19.6. The fraction of sp³-hybridized carbons (Fsp3) is 0.333. The molecule has 1 amide bonds. The number of fused-ring (bicyclic) bond motifs is 1. The number of sulfonamides is 1. The maximum atomic E-state index is 13.7. The second kappa shape index (κ2) is 8.93. The van der Waals surface area contributed by atoms with Crippen molar-refractivity contribution in [1.29, 1.82) is 0 Å². The molecule has 0 N–H and O–H groups in total. The van der Waals surface area contributed by atoms with Crippen molar-refractivity contribution >= 4 is 27.5 Å². The van der Waals surface area contributed by atoms with E-state index in [0.29, 0.717) is 19.4 Å². The highest BCUT2D eigenvalue weighted by atomic mass is 35.5. The van der Waals surface area contributed by atoms with Crippen molar-refractivity contribution in [1.82, 2.24) is 18.8 Å². The van der Waals surface area contributed by atoms with Gasteiger partial charge in [0.15, 0.2) is 0 Å². The average molecular weight is 485 g/mol. The lowest BCUT2D eigenvalue weighted by atomic mass is 9.93. The number of hydrogen-bond acceptors (Lipinski definition) is 4. The van der Waals surface area contributed by atoms with Gasteiger partial charge in [-0.1, -0.05) is 41.9 Å². The second-order valence-electron chi connectivity index (χ2n) is 8.44. The van der Waals surface area contributed by atoms with Gasteiger partial charge in [-0.2, -0.15) is 4.31 Å². The lowest BCUT2D eigenvalue weighted by molar-refractivity contribution is -0.139. The third kappa shape index (κ3) is 4.07. The molecule has 1 aromatic carbocycles. The van der Waals surface area contributed by atoms with E-state index < -0.39 is 10.0 Å². The Hall–Kier alpha value is -2.68. The zero-order valence-electron chi connectivity index (χ0n) is 18.0. The van der Waals surface area contributed by atoms with Gasteiger partial charge in [-0.3, -0.25) is 4.79 Å². The molecular formula is C24H25ClN4O3S. The smallest absolute Gasteiger partial charge is 0.246 e. The molecule has 172 valence electrons. The maximum absolute atomic E-state index is 13.7. The van der Waals surface area contributed by atoms with Crippen LogP contribution in [0.4, 0.5) is 0 Å². The first-order valence-electron chi connectivity index (χ1n) is 11.1. The summed E-state index contributed by atoms with van der Waals surface area (Å²) in [6.07, 6.45) is 4.48. The van der Waals surface area contributed by atoms with Crippen LogP contribution in [0, 0.1) is 5.92 Å². The number of amides is 1. The van der Waals surface area contributed by atoms with Crippen LogP contribution in [0.3, 0.4) is 0 Å². The Bertz CT molecular complexity index is 1250. The van der Waals surface area contributed by atoms with Crippen LogP contribution in [0.25, 0.3) is 0 Å². The molecule has 5 rings (SSSR count). The van der Waals surface area contributed by atoms with Gasteiger partial charge >= 0.3 is 0 Å². The van der Waals surface area contributed by atoms with Crippen LogP contribution in [0.1, 0.15) is 30.1 Å². The maximum Gasteiger partial charge on any atom is 0.246 e. The van der Waals surface area contributed by atoms with Crippen molar-refractivity contribution < 1.29 is 13.2 Å². The number of piperidine rings is 1. The van der Waals surface area contributed by atoms with Crippen LogP contribution in [0.15, 0.2) is 71.9 Å². The molecule has 0 bridgehead atoms. The van der Waals surface area contributed by atoms with Crippen LogP contribution in [0.2, 0.25) is 5.15 Å². The average Bonchev–Trinajstić information content (AvgIpc) is 3.33. The van der Waals surface area contributed by atoms with E-state index in [4.69, 9.17) is 11.6 Å². The molecule has 0 radical (unpaired) electrons. The molecule has 1 atom stereocenters. The Morgan fingerprint density at radius 3 is 2.42 bits per heavy atom. The van der Waals surface area contributed by atoms with E-state index in [1.165, 1.54) is 16.6 Å². The van der Waals surface area contributed by atoms with Crippen LogP contribution in [-0.2, 0) is 21.4 Å². The number of carbonyl (C=O) groups is 1. The molecule has 0 saturated carbocycles. The van der Waals surface area contributed by atoms with Gasteiger partial charge < -0.3 is 9.47 Å². The zero-order chi connectivity index (χ0) is 23.0. The largest absolute Gasteiger partial charge is 0.348 e. The number of hydrogen-bond donors (Lipinski definition) is 0. The summed E-state index contributed by atoms with van der Waals surface area (Å²) in [5, 5.41) is -0.0299. The van der Waals surface area contributed by atoms with Crippen molar-refractivity contribution in [3.8, 4) is 0 Å². The summed E-state index contributed by atoms with van der Waals surface area (Å²) in [5.74, 6) is -0.124. The van der Waals surface area contributed by atoms with Crippen LogP contribution in [-0.4, -0.2) is 52.7 Å². The second-order valence-corrected chi connectivity index (χ2v) is 10.7. The van der Waals surface area contributed by atoms with Crippen molar-refractivity contribution in [2.45, 2.75) is 30.3 Å². The molecule has 2 aromatic heterocycles. The fourth-order valence-electron chi connectivity index (χ4n) is 4.89. The highest BCUT2D eigenvalue weighted by Crippen LogP contribution is 2.35. The Labute approximate surface area is 198 Å². The first-order valence-corrected chi connectivity index (χ1v) is 12.9. The van der Waals surface area contributed by atoms with Gasteiger partial charge in [0, 0.05) is 50.2 Å². The quantitative estimate of drug-likeness (QED) is 0.530. The van der Waals surface area contributed by atoms with Gasteiger partial charge in [-0.05, 0) is 42.7 Å². The summed E-state index contributed by atoms with van der Waals surface area (Å²) in [5.41, 5.74) is 2.18. The van der Waals surface area contributed by atoms with Crippen LogP contribution >= 0.6 is 11.6 Å². The number of carbonyl (C=O) groups excluding carboxylic acids is 1. The summed E-state index contributed by atoms with van der Waals surface area (Å²) in [7, 11) is -3.74. The molecule has 0 spiro atoms. The first kappa shape index (κ1) is 22.1. The van der Waals surface area contributed by atoms with Crippen molar-refractivity contribution in [2.24, 2.45) is 5.92 Å². The van der Waals surface area contributed by atoms with E-state index in [9.17, 15) is 13.2 Å². The molecule has 0 aliphatic carbocycles. The van der Waals surface area contributed by atoms with Gasteiger partial charge in [0.25, 0.3) is 0 Å². The SMILES string of the molecule is O=C(C1CCN(S(=O)(=O)c2cccnc2Cl)CC1)N1CCn2cccc2C1c1ccccc1. The van der Waals surface area contributed by atoms with Gasteiger partial charge in [0.05, 0.1) is 6.04 Å². The molecule has 2 aliphatic heterocycles. The molecule has 7 nitrogen and oxygen atoms in total. The monoisotopic (exact) mass is 484 g/mol.